The summed E-state index contributed by atoms with van der Waals surface area (Å²) in [5.74, 6) is 0.929. The second-order valence-electron chi connectivity index (χ2n) is 10.7. The number of amides is 1. The first kappa shape index (κ1) is 28.2. The van der Waals surface area contributed by atoms with Crippen molar-refractivity contribution in [2.45, 2.75) is 63.1 Å². The predicted octanol–water partition coefficient (Wildman–Crippen LogP) is 4.68. The number of aromatic nitrogens is 3. The number of nitrogens with zero attached hydrogens (tertiary/aromatic N) is 3. The van der Waals surface area contributed by atoms with Gasteiger partial charge in [-0.25, -0.2) is 14.4 Å². The van der Waals surface area contributed by atoms with Crippen molar-refractivity contribution in [3.05, 3.63) is 53.1 Å². The fraction of sp³-hybridized carbons (Fsp3) is 0.448. The van der Waals surface area contributed by atoms with Crippen LogP contribution in [-0.2, 0) is 22.5 Å². The highest BCUT2D eigenvalue weighted by molar-refractivity contribution is 5.95. The van der Waals surface area contributed by atoms with Crippen LogP contribution in [0.25, 0.3) is 17.1 Å². The number of hydrogen-bond donors (Lipinski definition) is 2. The molecule has 3 fully saturated rings. The lowest BCUT2D eigenvalue weighted by atomic mass is 9.69. The van der Waals surface area contributed by atoms with Crippen LogP contribution in [0, 0.1) is 12.7 Å². The van der Waals surface area contributed by atoms with Crippen LogP contribution in [0.4, 0.5) is 10.2 Å². The van der Waals surface area contributed by atoms with Gasteiger partial charge in [-0.15, -0.1) is 12.4 Å². The average molecular weight is 570 g/mol. The van der Waals surface area contributed by atoms with Gasteiger partial charge in [0.05, 0.1) is 42.2 Å². The Balaban J connectivity index is 0.00000323. The zero-order valence-electron chi connectivity index (χ0n) is 22.6. The van der Waals surface area contributed by atoms with Crippen molar-refractivity contribution < 1.29 is 23.4 Å². The van der Waals surface area contributed by atoms with Gasteiger partial charge in [-0.05, 0) is 51.5 Å². The summed E-state index contributed by atoms with van der Waals surface area (Å²) in [6.07, 6.45) is 7.95. The maximum absolute atomic E-state index is 14.8. The highest BCUT2D eigenvalue weighted by Crippen LogP contribution is 2.46. The Bertz CT molecular complexity index is 1460. The molecule has 0 aromatic carbocycles. The molecule has 0 unspecified atom stereocenters. The molecule has 40 heavy (non-hydrogen) atoms. The molecule has 1 amide bonds. The van der Waals surface area contributed by atoms with Gasteiger partial charge in [-0.2, -0.15) is 0 Å². The van der Waals surface area contributed by atoms with Crippen LogP contribution in [0.3, 0.4) is 0 Å². The molecule has 2 N–H and O–H groups in total. The minimum Gasteiger partial charge on any atom is -0.481 e. The molecule has 6 heterocycles. The SMILES string of the molecule is C=Cc1c(CNC23CCC(CCc4c(F)cnc5ccc(OC)nc45)(CC2)OC3)nc2c(c1C)OCC(=O)N2.Cl. The van der Waals surface area contributed by atoms with E-state index >= 15 is 0 Å². The van der Waals surface area contributed by atoms with Gasteiger partial charge in [-0.3, -0.25) is 9.78 Å². The fourth-order valence-electron chi connectivity index (χ4n) is 6.10. The molecule has 4 aliphatic rings. The van der Waals surface area contributed by atoms with Crippen molar-refractivity contribution in [2.24, 2.45) is 0 Å². The Morgan fingerprint density at radius 3 is 2.75 bits per heavy atom. The number of anilines is 1. The van der Waals surface area contributed by atoms with Crippen LogP contribution in [0.2, 0.25) is 0 Å². The molecule has 1 aliphatic carbocycles. The van der Waals surface area contributed by atoms with E-state index in [-0.39, 0.29) is 41.9 Å². The summed E-state index contributed by atoms with van der Waals surface area (Å²) in [5.41, 5.74) is 3.94. The fourth-order valence-corrected chi connectivity index (χ4v) is 6.10. The second kappa shape index (κ2) is 10.9. The third-order valence-corrected chi connectivity index (χ3v) is 8.51. The van der Waals surface area contributed by atoms with E-state index in [0.29, 0.717) is 60.0 Å². The number of ether oxygens (including phenoxy) is 3. The Hall–Kier alpha value is -3.34. The number of halogens is 2. The van der Waals surface area contributed by atoms with Crippen molar-refractivity contribution >= 4 is 41.2 Å². The summed E-state index contributed by atoms with van der Waals surface area (Å²) in [7, 11) is 1.55. The normalized spacial score (nSPS) is 23.1. The topological polar surface area (TPSA) is 107 Å². The average Bonchev–Trinajstić information content (AvgIpc) is 2.96. The van der Waals surface area contributed by atoms with E-state index < -0.39 is 0 Å². The lowest BCUT2D eigenvalue weighted by molar-refractivity contribution is -0.165. The van der Waals surface area contributed by atoms with Crippen molar-refractivity contribution in [1.29, 1.82) is 0 Å². The van der Waals surface area contributed by atoms with Gasteiger partial charge in [0.1, 0.15) is 5.82 Å². The first-order chi connectivity index (χ1) is 18.8. The van der Waals surface area contributed by atoms with E-state index in [1.807, 2.05) is 6.92 Å². The van der Waals surface area contributed by atoms with Gasteiger partial charge in [0, 0.05) is 34.8 Å². The molecule has 0 spiro atoms. The summed E-state index contributed by atoms with van der Waals surface area (Å²) >= 11 is 0. The van der Waals surface area contributed by atoms with Gasteiger partial charge in [0.2, 0.25) is 5.88 Å². The molecule has 0 radical (unpaired) electrons. The number of pyridine rings is 3. The largest absolute Gasteiger partial charge is 0.481 e. The van der Waals surface area contributed by atoms with E-state index in [2.05, 4.69) is 27.2 Å². The third kappa shape index (κ3) is 5.00. The van der Waals surface area contributed by atoms with Crippen LogP contribution in [0.1, 0.15) is 54.5 Å². The maximum Gasteiger partial charge on any atom is 0.263 e. The minimum atomic E-state index is -0.352. The zero-order chi connectivity index (χ0) is 27.2. The van der Waals surface area contributed by atoms with E-state index in [0.717, 1.165) is 42.5 Å². The molecule has 3 aliphatic heterocycles. The van der Waals surface area contributed by atoms with Gasteiger partial charge in [0.15, 0.2) is 18.2 Å². The van der Waals surface area contributed by atoms with E-state index in [1.165, 1.54) is 6.20 Å². The number of carbonyl (C=O) groups is 1. The lowest BCUT2D eigenvalue weighted by Gasteiger charge is -2.53. The van der Waals surface area contributed by atoms with Gasteiger partial charge in [-0.1, -0.05) is 12.7 Å². The summed E-state index contributed by atoms with van der Waals surface area (Å²) in [6, 6.07) is 3.54. The van der Waals surface area contributed by atoms with Crippen LogP contribution >= 0.6 is 12.4 Å². The minimum absolute atomic E-state index is 0. The molecule has 2 saturated heterocycles. The number of fused-ring (bicyclic) bond motifs is 5. The van der Waals surface area contributed by atoms with Crippen molar-refractivity contribution in [3.8, 4) is 11.6 Å². The molecular weight excluding hydrogens is 537 g/mol. The highest BCUT2D eigenvalue weighted by atomic mass is 35.5. The van der Waals surface area contributed by atoms with Gasteiger partial charge in [0.25, 0.3) is 5.91 Å². The summed E-state index contributed by atoms with van der Waals surface area (Å²) in [4.78, 5) is 25.2. The number of methoxy groups -OCH3 is 1. The van der Waals surface area contributed by atoms with Crippen molar-refractivity contribution in [1.82, 2.24) is 20.3 Å². The number of rotatable bonds is 8. The molecule has 11 heteroatoms. The van der Waals surface area contributed by atoms with Crippen LogP contribution in [-0.4, -0.2) is 52.3 Å². The summed E-state index contributed by atoms with van der Waals surface area (Å²) < 4.78 is 32.2. The van der Waals surface area contributed by atoms with Gasteiger partial charge < -0.3 is 24.8 Å². The summed E-state index contributed by atoms with van der Waals surface area (Å²) in [5, 5.41) is 6.53. The first-order valence-electron chi connectivity index (χ1n) is 13.3. The molecule has 2 bridgehead atoms. The second-order valence-corrected chi connectivity index (χ2v) is 10.7. The Morgan fingerprint density at radius 1 is 1.25 bits per heavy atom. The molecular formula is C29H33ClFN5O4. The highest BCUT2D eigenvalue weighted by Gasteiger charge is 2.49. The van der Waals surface area contributed by atoms with Crippen molar-refractivity contribution in [3.63, 3.8) is 0 Å². The van der Waals surface area contributed by atoms with E-state index in [9.17, 15) is 9.18 Å². The molecule has 9 nitrogen and oxygen atoms in total. The van der Waals surface area contributed by atoms with E-state index in [1.54, 1.807) is 25.3 Å². The molecule has 7 rings (SSSR count). The van der Waals surface area contributed by atoms with Gasteiger partial charge >= 0.3 is 0 Å². The maximum atomic E-state index is 14.8. The first-order valence-corrected chi connectivity index (χ1v) is 13.3. The Kier molecular flexibility index (Phi) is 7.69. The molecule has 212 valence electrons. The zero-order valence-corrected chi connectivity index (χ0v) is 23.5. The number of nitrogens with one attached hydrogen (secondary N) is 2. The third-order valence-electron chi connectivity index (χ3n) is 8.51. The van der Waals surface area contributed by atoms with Crippen LogP contribution in [0.5, 0.6) is 11.6 Å². The Labute approximate surface area is 238 Å². The number of carbonyl (C=O) groups excluding carboxylic acids is 1. The molecule has 3 aromatic rings. The molecule has 0 atom stereocenters. The van der Waals surface area contributed by atoms with Crippen molar-refractivity contribution in [2.75, 3.05) is 25.6 Å². The number of aryl methyl sites for hydroxylation is 1. The quantitative estimate of drug-likeness (QED) is 0.403. The predicted molar refractivity (Wildman–Crippen MR) is 152 cm³/mol. The molecule has 3 aromatic heterocycles. The lowest BCUT2D eigenvalue weighted by Crippen LogP contribution is -2.61. The smallest absolute Gasteiger partial charge is 0.263 e. The van der Waals surface area contributed by atoms with Crippen LogP contribution < -0.4 is 20.1 Å². The Morgan fingerprint density at radius 2 is 2.05 bits per heavy atom. The van der Waals surface area contributed by atoms with E-state index in [4.69, 9.17) is 19.2 Å². The summed E-state index contributed by atoms with van der Waals surface area (Å²) in [6.45, 7) is 7.00. The molecule has 1 saturated carbocycles. The standard InChI is InChI=1S/C29H32FN5O4.ClH/c1-4-18-17(2)26-27(34-23(36)15-38-26)33-22(18)14-32-28-9-11-29(12-10-28,39-16-28)8-7-19-20(30)13-31-21-5-6-24(37-3)35-25(19)21;/h4-6,13,32H,1,7-12,14-16H2,2-3H3,(H,33,34,36);1H. The number of hydrogen-bond acceptors (Lipinski definition) is 8. The monoisotopic (exact) mass is 569 g/mol. The van der Waals surface area contributed by atoms with Crippen LogP contribution in [0.15, 0.2) is 24.9 Å².